The summed E-state index contributed by atoms with van der Waals surface area (Å²) < 4.78 is 3.81. The molecule has 0 fully saturated rings. The van der Waals surface area contributed by atoms with Crippen LogP contribution in [-0.2, 0) is 17.9 Å². The topological polar surface area (TPSA) is 64.7 Å². The number of benzene rings is 2. The zero-order chi connectivity index (χ0) is 17.4. The zero-order valence-corrected chi connectivity index (χ0v) is 14.2. The van der Waals surface area contributed by atoms with E-state index in [1.807, 2.05) is 71.6 Å². The van der Waals surface area contributed by atoms with Gasteiger partial charge in [-0.3, -0.25) is 9.48 Å². The number of nitrogens with zero attached hydrogens (tertiary/aromatic N) is 4. The summed E-state index contributed by atoms with van der Waals surface area (Å²) >= 11 is 0. The van der Waals surface area contributed by atoms with Crippen molar-refractivity contribution >= 4 is 33.7 Å². The molecule has 25 heavy (non-hydrogen) atoms. The van der Waals surface area contributed by atoms with E-state index >= 15 is 0 Å². The second-order valence-electron chi connectivity index (χ2n) is 5.96. The normalized spacial score (nSPS) is 11.3. The van der Waals surface area contributed by atoms with Gasteiger partial charge in [-0.15, -0.1) is 0 Å². The lowest BCUT2D eigenvalue weighted by atomic mass is 10.2. The van der Waals surface area contributed by atoms with E-state index in [0.717, 1.165) is 34.3 Å². The number of rotatable bonds is 4. The molecule has 2 aromatic heterocycles. The van der Waals surface area contributed by atoms with Crippen molar-refractivity contribution in [3.8, 4) is 0 Å². The molecule has 2 heterocycles. The second kappa shape index (κ2) is 6.05. The molecule has 0 unspecified atom stereocenters. The molecule has 6 heteroatoms. The summed E-state index contributed by atoms with van der Waals surface area (Å²) in [5.74, 6) is 1.31. The van der Waals surface area contributed by atoms with E-state index in [-0.39, 0.29) is 12.5 Å². The molecule has 0 aliphatic heterocycles. The lowest BCUT2D eigenvalue weighted by Crippen LogP contribution is -2.20. The second-order valence-corrected chi connectivity index (χ2v) is 5.96. The van der Waals surface area contributed by atoms with Crippen LogP contribution >= 0.6 is 0 Å². The molecule has 6 nitrogen and oxygen atoms in total. The van der Waals surface area contributed by atoms with Crippen LogP contribution in [-0.4, -0.2) is 25.2 Å². The number of hydrogen-bond acceptors (Lipinski definition) is 3. The molecular weight excluding hydrogens is 314 g/mol. The van der Waals surface area contributed by atoms with Gasteiger partial charge in [0.15, 0.2) is 5.82 Å². The Balaban J connectivity index is 1.63. The quantitative estimate of drug-likeness (QED) is 0.623. The van der Waals surface area contributed by atoms with Gasteiger partial charge in [-0.2, -0.15) is 5.10 Å². The summed E-state index contributed by atoms with van der Waals surface area (Å²) in [6, 6.07) is 15.7. The summed E-state index contributed by atoms with van der Waals surface area (Å²) in [5, 5.41) is 8.42. The third-order valence-corrected chi connectivity index (χ3v) is 4.36. The number of fused-ring (bicyclic) bond motifs is 2. The molecule has 0 atom stereocenters. The molecule has 4 rings (SSSR count). The number of imidazole rings is 1. The largest absolute Gasteiger partial charge is 0.319 e. The van der Waals surface area contributed by atoms with Crippen LogP contribution in [0.1, 0.15) is 12.7 Å². The predicted molar refractivity (Wildman–Crippen MR) is 98.5 cm³/mol. The van der Waals surface area contributed by atoms with Crippen molar-refractivity contribution in [2.75, 3.05) is 5.32 Å². The van der Waals surface area contributed by atoms with Gasteiger partial charge in [0.1, 0.15) is 12.4 Å². The maximum Gasteiger partial charge on any atom is 0.245 e. The average Bonchev–Trinajstić information content (AvgIpc) is 3.13. The van der Waals surface area contributed by atoms with Gasteiger partial charge in [0.05, 0.1) is 16.6 Å². The maximum absolute atomic E-state index is 12.6. The van der Waals surface area contributed by atoms with Crippen molar-refractivity contribution in [3.05, 3.63) is 54.4 Å². The van der Waals surface area contributed by atoms with E-state index in [0.29, 0.717) is 5.82 Å². The minimum atomic E-state index is -0.113. The summed E-state index contributed by atoms with van der Waals surface area (Å²) in [5.41, 5.74) is 2.87. The number of anilines is 1. The smallest absolute Gasteiger partial charge is 0.245 e. The SMILES string of the molecule is CCn1nc(NC(=O)Cn2c(C)nc3ccccc32)c2ccccc21. The van der Waals surface area contributed by atoms with Crippen LogP contribution in [0.15, 0.2) is 48.5 Å². The third kappa shape index (κ3) is 2.65. The highest BCUT2D eigenvalue weighted by molar-refractivity contribution is 6.00. The Morgan fingerprint density at radius 3 is 2.60 bits per heavy atom. The van der Waals surface area contributed by atoms with E-state index in [9.17, 15) is 4.79 Å². The van der Waals surface area contributed by atoms with Crippen molar-refractivity contribution in [3.63, 3.8) is 0 Å². The highest BCUT2D eigenvalue weighted by atomic mass is 16.2. The first-order valence-corrected chi connectivity index (χ1v) is 8.34. The molecule has 0 spiro atoms. The number of para-hydroxylation sites is 3. The van der Waals surface area contributed by atoms with Crippen molar-refractivity contribution in [1.82, 2.24) is 19.3 Å². The van der Waals surface area contributed by atoms with Crippen LogP contribution in [0.25, 0.3) is 21.9 Å². The van der Waals surface area contributed by atoms with Gasteiger partial charge in [0.2, 0.25) is 5.91 Å². The molecule has 0 saturated carbocycles. The Labute approximate surface area is 145 Å². The number of aryl methyl sites for hydroxylation is 2. The summed E-state index contributed by atoms with van der Waals surface area (Å²) in [6.45, 7) is 4.90. The Bertz CT molecular complexity index is 1080. The minimum absolute atomic E-state index is 0.113. The maximum atomic E-state index is 12.6. The molecule has 0 aliphatic carbocycles. The molecule has 0 radical (unpaired) electrons. The van der Waals surface area contributed by atoms with Crippen LogP contribution in [0, 0.1) is 6.92 Å². The first-order chi connectivity index (χ1) is 12.2. The average molecular weight is 333 g/mol. The van der Waals surface area contributed by atoms with Gasteiger partial charge >= 0.3 is 0 Å². The molecule has 126 valence electrons. The molecule has 2 aromatic carbocycles. The van der Waals surface area contributed by atoms with Crippen LogP contribution in [0.4, 0.5) is 5.82 Å². The number of carbonyl (C=O) groups excluding carboxylic acids is 1. The lowest BCUT2D eigenvalue weighted by Gasteiger charge is -2.07. The fraction of sp³-hybridized carbons (Fsp3) is 0.211. The predicted octanol–water partition coefficient (Wildman–Crippen LogP) is 3.35. The standard InChI is InChI=1S/C19H19N5O/c1-3-24-16-10-6-4-8-14(16)19(22-24)21-18(25)12-23-13(2)20-15-9-5-7-11-17(15)23/h4-11H,3,12H2,1-2H3,(H,21,22,25). The fourth-order valence-corrected chi connectivity index (χ4v) is 3.17. The number of amides is 1. The van der Waals surface area contributed by atoms with Crippen molar-refractivity contribution in [1.29, 1.82) is 0 Å². The van der Waals surface area contributed by atoms with E-state index < -0.39 is 0 Å². The van der Waals surface area contributed by atoms with E-state index in [1.54, 1.807) is 0 Å². The number of hydrogen-bond donors (Lipinski definition) is 1. The zero-order valence-electron chi connectivity index (χ0n) is 14.2. The molecular formula is C19H19N5O. The number of nitrogens with one attached hydrogen (secondary N) is 1. The number of carbonyl (C=O) groups is 1. The van der Waals surface area contributed by atoms with E-state index in [4.69, 9.17) is 0 Å². The molecule has 0 saturated heterocycles. The Morgan fingerprint density at radius 1 is 1.08 bits per heavy atom. The first-order valence-electron chi connectivity index (χ1n) is 8.34. The van der Waals surface area contributed by atoms with Crippen molar-refractivity contribution in [2.45, 2.75) is 26.9 Å². The summed E-state index contributed by atoms with van der Waals surface area (Å²) in [7, 11) is 0. The highest BCUT2D eigenvalue weighted by Gasteiger charge is 2.14. The van der Waals surface area contributed by atoms with Crippen LogP contribution < -0.4 is 5.32 Å². The highest BCUT2D eigenvalue weighted by Crippen LogP contribution is 2.23. The molecule has 1 N–H and O–H groups in total. The van der Waals surface area contributed by atoms with Gasteiger partial charge in [-0.25, -0.2) is 4.98 Å². The van der Waals surface area contributed by atoms with Crippen LogP contribution in [0.3, 0.4) is 0 Å². The van der Waals surface area contributed by atoms with Gasteiger partial charge in [0, 0.05) is 11.9 Å². The monoisotopic (exact) mass is 333 g/mol. The van der Waals surface area contributed by atoms with Crippen molar-refractivity contribution in [2.24, 2.45) is 0 Å². The van der Waals surface area contributed by atoms with Gasteiger partial charge in [-0.05, 0) is 38.1 Å². The van der Waals surface area contributed by atoms with Gasteiger partial charge < -0.3 is 9.88 Å². The third-order valence-electron chi connectivity index (χ3n) is 4.36. The molecule has 4 aromatic rings. The molecule has 0 aliphatic rings. The first kappa shape index (κ1) is 15.4. The fourth-order valence-electron chi connectivity index (χ4n) is 3.17. The van der Waals surface area contributed by atoms with Gasteiger partial charge in [0.25, 0.3) is 0 Å². The Hall–Kier alpha value is -3.15. The van der Waals surface area contributed by atoms with Crippen LogP contribution in [0.5, 0.6) is 0 Å². The van der Waals surface area contributed by atoms with E-state index in [2.05, 4.69) is 15.4 Å². The Kier molecular flexibility index (Phi) is 3.72. The lowest BCUT2D eigenvalue weighted by molar-refractivity contribution is -0.116. The van der Waals surface area contributed by atoms with E-state index in [1.165, 1.54) is 0 Å². The molecule has 0 bridgehead atoms. The van der Waals surface area contributed by atoms with Gasteiger partial charge in [-0.1, -0.05) is 24.3 Å². The van der Waals surface area contributed by atoms with Crippen molar-refractivity contribution < 1.29 is 4.79 Å². The molecule has 1 amide bonds. The number of aromatic nitrogens is 4. The summed E-state index contributed by atoms with van der Waals surface area (Å²) in [6.07, 6.45) is 0. The Morgan fingerprint density at radius 2 is 1.80 bits per heavy atom. The summed E-state index contributed by atoms with van der Waals surface area (Å²) in [4.78, 5) is 17.1. The minimum Gasteiger partial charge on any atom is -0.319 e. The van der Waals surface area contributed by atoms with Crippen LogP contribution in [0.2, 0.25) is 0 Å².